The van der Waals surface area contributed by atoms with E-state index in [4.69, 9.17) is 4.74 Å². The van der Waals surface area contributed by atoms with Crippen LogP contribution < -0.4 is 0 Å². The lowest BCUT2D eigenvalue weighted by Crippen LogP contribution is -2.39. The van der Waals surface area contributed by atoms with E-state index in [0.29, 0.717) is 18.9 Å². The molecule has 0 aromatic carbocycles. The van der Waals surface area contributed by atoms with Crippen LogP contribution >= 0.6 is 0 Å². The van der Waals surface area contributed by atoms with Gasteiger partial charge in [0.1, 0.15) is 11.9 Å². The maximum Gasteiger partial charge on any atom is 0.410 e. The fourth-order valence-corrected chi connectivity index (χ4v) is 2.34. The standard InChI is InChI=1S/C14H25NO3/c1-11-5-7-15(10-12(9-11)6-8-16)13(17)18-14(2,3)4/h8,11-12H,5-7,9-10H2,1-4H3. The Kier molecular flexibility index (Phi) is 5.17. The molecule has 2 atom stereocenters. The number of likely N-dealkylation sites (tertiary alicyclic amines) is 1. The van der Waals surface area contributed by atoms with Gasteiger partial charge in [-0.15, -0.1) is 0 Å². The average molecular weight is 255 g/mol. The van der Waals surface area contributed by atoms with Crippen LogP contribution in [0.3, 0.4) is 0 Å². The highest BCUT2D eigenvalue weighted by Crippen LogP contribution is 2.24. The molecule has 0 aliphatic carbocycles. The predicted octanol–water partition coefficient (Wildman–Crippen LogP) is 2.86. The van der Waals surface area contributed by atoms with Crippen molar-refractivity contribution in [3.63, 3.8) is 0 Å². The van der Waals surface area contributed by atoms with Crippen LogP contribution in [0.15, 0.2) is 0 Å². The van der Waals surface area contributed by atoms with Gasteiger partial charge in [-0.05, 0) is 45.4 Å². The van der Waals surface area contributed by atoms with Crippen LogP contribution in [0.4, 0.5) is 4.79 Å². The van der Waals surface area contributed by atoms with Crippen molar-refractivity contribution in [2.45, 2.75) is 52.6 Å². The topological polar surface area (TPSA) is 46.6 Å². The zero-order valence-corrected chi connectivity index (χ0v) is 11.9. The number of carbonyl (C=O) groups is 2. The summed E-state index contributed by atoms with van der Waals surface area (Å²) in [7, 11) is 0. The van der Waals surface area contributed by atoms with Gasteiger partial charge in [-0.2, -0.15) is 0 Å². The van der Waals surface area contributed by atoms with Crippen LogP contribution in [-0.2, 0) is 9.53 Å². The van der Waals surface area contributed by atoms with E-state index >= 15 is 0 Å². The fraction of sp³-hybridized carbons (Fsp3) is 0.857. The van der Waals surface area contributed by atoms with Gasteiger partial charge in [0.15, 0.2) is 0 Å². The second-order valence-electron chi connectivity index (χ2n) is 6.32. The fourth-order valence-electron chi connectivity index (χ4n) is 2.34. The average Bonchev–Trinajstić information content (AvgIpc) is 2.38. The highest BCUT2D eigenvalue weighted by atomic mass is 16.6. The number of rotatable bonds is 2. The molecule has 0 saturated carbocycles. The molecule has 18 heavy (non-hydrogen) atoms. The molecule has 4 nitrogen and oxygen atoms in total. The number of ether oxygens (including phenoxy) is 1. The van der Waals surface area contributed by atoms with Gasteiger partial charge in [0.05, 0.1) is 0 Å². The minimum atomic E-state index is -0.463. The minimum Gasteiger partial charge on any atom is -0.444 e. The third kappa shape index (κ3) is 5.07. The third-order valence-electron chi connectivity index (χ3n) is 3.19. The van der Waals surface area contributed by atoms with E-state index in [1.54, 1.807) is 4.90 Å². The smallest absolute Gasteiger partial charge is 0.410 e. The zero-order valence-electron chi connectivity index (χ0n) is 11.9. The highest BCUT2D eigenvalue weighted by molar-refractivity contribution is 5.68. The first-order valence-corrected chi connectivity index (χ1v) is 6.73. The van der Waals surface area contributed by atoms with E-state index in [0.717, 1.165) is 25.7 Å². The summed E-state index contributed by atoms with van der Waals surface area (Å²) in [4.78, 5) is 24.5. The summed E-state index contributed by atoms with van der Waals surface area (Å²) in [6.07, 6.45) is 3.22. The lowest BCUT2D eigenvalue weighted by Gasteiger charge is -2.27. The maximum absolute atomic E-state index is 12.0. The Morgan fingerprint density at radius 1 is 1.44 bits per heavy atom. The summed E-state index contributed by atoms with van der Waals surface area (Å²) < 4.78 is 5.39. The number of nitrogens with zero attached hydrogens (tertiary/aromatic N) is 1. The molecule has 0 radical (unpaired) electrons. The third-order valence-corrected chi connectivity index (χ3v) is 3.19. The largest absolute Gasteiger partial charge is 0.444 e. The molecule has 0 spiro atoms. The van der Waals surface area contributed by atoms with Gasteiger partial charge in [0, 0.05) is 19.5 Å². The summed E-state index contributed by atoms with van der Waals surface area (Å²) in [5, 5.41) is 0. The van der Waals surface area contributed by atoms with E-state index in [9.17, 15) is 9.59 Å². The van der Waals surface area contributed by atoms with Crippen molar-refractivity contribution in [3.8, 4) is 0 Å². The van der Waals surface area contributed by atoms with Crippen molar-refractivity contribution < 1.29 is 14.3 Å². The van der Waals surface area contributed by atoms with Gasteiger partial charge < -0.3 is 14.4 Å². The quantitative estimate of drug-likeness (QED) is 0.713. The van der Waals surface area contributed by atoms with Crippen molar-refractivity contribution in [1.82, 2.24) is 4.90 Å². The molecule has 1 fully saturated rings. The Labute approximate surface area is 110 Å². The molecule has 0 bridgehead atoms. The summed E-state index contributed by atoms with van der Waals surface area (Å²) in [6.45, 7) is 9.15. The lowest BCUT2D eigenvalue weighted by atomic mass is 9.93. The monoisotopic (exact) mass is 255 g/mol. The highest BCUT2D eigenvalue weighted by Gasteiger charge is 2.28. The van der Waals surface area contributed by atoms with Crippen LogP contribution in [0.1, 0.15) is 47.0 Å². The summed E-state index contributed by atoms with van der Waals surface area (Å²) in [5.74, 6) is 0.829. The van der Waals surface area contributed by atoms with Crippen LogP contribution in [0.25, 0.3) is 0 Å². The van der Waals surface area contributed by atoms with Crippen molar-refractivity contribution >= 4 is 12.4 Å². The molecule has 2 unspecified atom stereocenters. The van der Waals surface area contributed by atoms with Gasteiger partial charge in [0.25, 0.3) is 0 Å². The van der Waals surface area contributed by atoms with E-state index in [-0.39, 0.29) is 12.0 Å². The van der Waals surface area contributed by atoms with Crippen LogP contribution in [0, 0.1) is 11.8 Å². The summed E-state index contributed by atoms with van der Waals surface area (Å²) in [5.41, 5.74) is -0.463. The van der Waals surface area contributed by atoms with Crippen molar-refractivity contribution in [3.05, 3.63) is 0 Å². The number of hydrogen-bond donors (Lipinski definition) is 0. The Bertz CT molecular complexity index is 296. The molecule has 1 rings (SSSR count). The first-order valence-electron chi connectivity index (χ1n) is 6.73. The molecular formula is C14H25NO3. The Morgan fingerprint density at radius 3 is 2.67 bits per heavy atom. The van der Waals surface area contributed by atoms with E-state index in [1.807, 2.05) is 20.8 Å². The molecule has 1 amide bonds. The molecule has 1 aliphatic rings. The molecular weight excluding hydrogens is 230 g/mol. The molecule has 0 aromatic rings. The van der Waals surface area contributed by atoms with Crippen molar-refractivity contribution in [2.24, 2.45) is 11.8 Å². The molecule has 1 saturated heterocycles. The number of amides is 1. The van der Waals surface area contributed by atoms with Crippen LogP contribution in [0.2, 0.25) is 0 Å². The predicted molar refractivity (Wildman–Crippen MR) is 70.4 cm³/mol. The van der Waals surface area contributed by atoms with E-state index < -0.39 is 5.60 Å². The Balaban J connectivity index is 2.63. The molecule has 0 N–H and O–H groups in total. The van der Waals surface area contributed by atoms with Crippen molar-refractivity contribution in [1.29, 1.82) is 0 Å². The SMILES string of the molecule is CC1CCN(C(=O)OC(C)(C)C)CC(CC=O)C1. The zero-order chi connectivity index (χ0) is 13.8. The first-order chi connectivity index (χ1) is 8.31. The van der Waals surface area contributed by atoms with Gasteiger partial charge >= 0.3 is 6.09 Å². The summed E-state index contributed by atoms with van der Waals surface area (Å²) >= 11 is 0. The number of aldehydes is 1. The van der Waals surface area contributed by atoms with Crippen LogP contribution in [0.5, 0.6) is 0 Å². The summed E-state index contributed by atoms with van der Waals surface area (Å²) in [6, 6.07) is 0. The van der Waals surface area contributed by atoms with Crippen molar-refractivity contribution in [2.75, 3.05) is 13.1 Å². The Hall–Kier alpha value is -1.06. The molecule has 1 aliphatic heterocycles. The molecule has 0 aromatic heterocycles. The van der Waals surface area contributed by atoms with Crippen LogP contribution in [-0.4, -0.2) is 36.0 Å². The molecule has 4 heteroatoms. The first kappa shape index (κ1) is 15.0. The maximum atomic E-state index is 12.0. The van der Waals surface area contributed by atoms with Gasteiger partial charge in [-0.25, -0.2) is 4.79 Å². The second kappa shape index (κ2) is 6.21. The number of carbonyl (C=O) groups excluding carboxylic acids is 2. The van der Waals surface area contributed by atoms with E-state index in [1.165, 1.54) is 0 Å². The van der Waals surface area contributed by atoms with Gasteiger partial charge in [0.2, 0.25) is 0 Å². The van der Waals surface area contributed by atoms with Gasteiger partial charge in [-0.3, -0.25) is 0 Å². The Morgan fingerprint density at radius 2 is 2.11 bits per heavy atom. The molecule has 104 valence electrons. The minimum absolute atomic E-state index is 0.257. The van der Waals surface area contributed by atoms with E-state index in [2.05, 4.69) is 6.92 Å². The lowest BCUT2D eigenvalue weighted by molar-refractivity contribution is -0.108. The second-order valence-corrected chi connectivity index (χ2v) is 6.32. The molecule has 1 heterocycles. The van der Waals surface area contributed by atoms with Gasteiger partial charge in [-0.1, -0.05) is 6.92 Å². The number of hydrogen-bond acceptors (Lipinski definition) is 3. The normalized spacial score (nSPS) is 25.4.